The zero-order valence-corrected chi connectivity index (χ0v) is 10.7. The van der Waals surface area contributed by atoms with Gasteiger partial charge in [-0.05, 0) is 34.2 Å². The van der Waals surface area contributed by atoms with Crippen LogP contribution in [0.5, 0.6) is 0 Å². The predicted octanol–water partition coefficient (Wildman–Crippen LogP) is 4.17. The van der Waals surface area contributed by atoms with Gasteiger partial charge in [-0.3, -0.25) is 0 Å². The van der Waals surface area contributed by atoms with Crippen LogP contribution in [0.25, 0.3) is 0 Å². The Bertz CT molecular complexity index is 322. The molecule has 1 aromatic rings. The molecule has 0 radical (unpaired) electrons. The van der Waals surface area contributed by atoms with E-state index in [-0.39, 0.29) is 10.8 Å². The zero-order valence-electron chi connectivity index (χ0n) is 6.20. The second-order valence-electron chi connectivity index (χ2n) is 2.24. The highest BCUT2D eigenvalue weighted by Gasteiger charge is 2.16. The van der Waals surface area contributed by atoms with Crippen molar-refractivity contribution in [2.75, 3.05) is 0 Å². The molecular formula is C7H4BrClF2IN. The van der Waals surface area contributed by atoms with Crippen molar-refractivity contribution in [2.45, 2.75) is 11.8 Å². The van der Waals surface area contributed by atoms with Gasteiger partial charge in [0, 0.05) is 5.33 Å². The summed E-state index contributed by atoms with van der Waals surface area (Å²) in [6, 6.07) is 1.60. The van der Waals surface area contributed by atoms with Gasteiger partial charge in [-0.15, -0.1) is 0 Å². The summed E-state index contributed by atoms with van der Waals surface area (Å²) < 4.78 is 25.4. The van der Waals surface area contributed by atoms with Crippen LogP contribution in [0.15, 0.2) is 6.07 Å². The highest BCUT2D eigenvalue weighted by molar-refractivity contribution is 14.1. The first kappa shape index (κ1) is 11.6. The molecule has 0 atom stereocenters. The van der Waals surface area contributed by atoms with E-state index in [0.29, 0.717) is 14.5 Å². The van der Waals surface area contributed by atoms with E-state index in [1.165, 1.54) is 0 Å². The van der Waals surface area contributed by atoms with Gasteiger partial charge >= 0.3 is 0 Å². The Morgan fingerprint density at radius 3 is 2.69 bits per heavy atom. The topological polar surface area (TPSA) is 12.9 Å². The monoisotopic (exact) mass is 381 g/mol. The van der Waals surface area contributed by atoms with E-state index in [2.05, 4.69) is 20.9 Å². The third-order valence-corrected chi connectivity index (χ3v) is 3.43. The van der Waals surface area contributed by atoms with E-state index >= 15 is 0 Å². The van der Waals surface area contributed by atoms with Crippen LogP contribution in [0.4, 0.5) is 8.78 Å². The Balaban J connectivity index is 3.25. The van der Waals surface area contributed by atoms with E-state index in [9.17, 15) is 8.78 Å². The summed E-state index contributed by atoms with van der Waals surface area (Å²) >= 11 is 10.7. The minimum atomic E-state index is -2.58. The number of rotatable bonds is 2. The molecule has 1 heterocycles. The fourth-order valence-corrected chi connectivity index (χ4v) is 1.90. The third kappa shape index (κ3) is 2.73. The maximum atomic E-state index is 12.4. The number of nitrogens with zero attached hydrogens (tertiary/aromatic N) is 1. The Hall–Kier alpha value is 0.510. The summed E-state index contributed by atoms with van der Waals surface area (Å²) in [6.45, 7) is 0. The van der Waals surface area contributed by atoms with Crippen molar-refractivity contribution in [3.63, 3.8) is 0 Å². The molecule has 0 spiro atoms. The molecule has 1 aromatic heterocycles. The third-order valence-electron chi connectivity index (χ3n) is 1.40. The smallest absolute Gasteiger partial charge is 0.234 e. The number of aromatic nitrogens is 1. The number of alkyl halides is 3. The average Bonchev–Trinajstić information content (AvgIpc) is 2.08. The summed E-state index contributed by atoms with van der Waals surface area (Å²) in [5, 5.41) is 0.480. The highest BCUT2D eigenvalue weighted by Crippen LogP contribution is 2.27. The number of hydrogen-bond donors (Lipinski definition) is 0. The van der Waals surface area contributed by atoms with Crippen LogP contribution in [0.3, 0.4) is 0 Å². The normalized spacial score (nSPS) is 10.9. The van der Waals surface area contributed by atoms with E-state index < -0.39 is 6.43 Å². The van der Waals surface area contributed by atoms with Gasteiger partial charge < -0.3 is 0 Å². The molecule has 0 amide bonds. The summed E-state index contributed by atoms with van der Waals surface area (Å²) in [5.74, 6) is 0. The summed E-state index contributed by atoms with van der Waals surface area (Å²) in [4.78, 5) is 3.62. The number of halogens is 5. The fourth-order valence-electron chi connectivity index (χ4n) is 0.813. The van der Waals surface area contributed by atoms with E-state index in [0.717, 1.165) is 0 Å². The molecule has 13 heavy (non-hydrogen) atoms. The summed E-state index contributed by atoms with van der Waals surface area (Å²) in [7, 11) is 0. The van der Waals surface area contributed by atoms with Gasteiger partial charge in [0.25, 0.3) is 6.43 Å². The second-order valence-corrected chi connectivity index (χ2v) is 4.32. The largest absolute Gasteiger partial charge is 0.280 e. The molecule has 0 saturated heterocycles. The van der Waals surface area contributed by atoms with Crippen molar-refractivity contribution in [2.24, 2.45) is 0 Å². The van der Waals surface area contributed by atoms with Gasteiger partial charge in [-0.2, -0.15) is 0 Å². The van der Waals surface area contributed by atoms with Crippen LogP contribution in [0, 0.1) is 3.57 Å². The number of hydrogen-bond acceptors (Lipinski definition) is 1. The zero-order chi connectivity index (χ0) is 10.0. The second kappa shape index (κ2) is 4.84. The molecule has 0 aliphatic heterocycles. The molecule has 0 N–H and O–H groups in total. The molecule has 0 aromatic carbocycles. The van der Waals surface area contributed by atoms with Crippen molar-refractivity contribution in [3.8, 4) is 0 Å². The quantitative estimate of drug-likeness (QED) is 0.425. The SMILES string of the molecule is FC(F)c1nc(Cl)c(I)cc1CBr. The van der Waals surface area contributed by atoms with Crippen molar-refractivity contribution in [1.82, 2.24) is 4.98 Å². The van der Waals surface area contributed by atoms with Gasteiger partial charge in [-0.1, -0.05) is 27.5 Å². The number of pyridine rings is 1. The molecule has 6 heteroatoms. The van der Waals surface area contributed by atoms with Crippen molar-refractivity contribution in [1.29, 1.82) is 0 Å². The van der Waals surface area contributed by atoms with Gasteiger partial charge in [0.15, 0.2) is 0 Å². The van der Waals surface area contributed by atoms with Crippen LogP contribution >= 0.6 is 50.1 Å². The minimum Gasteiger partial charge on any atom is -0.234 e. The first-order chi connectivity index (χ1) is 6.06. The molecule has 0 saturated carbocycles. The van der Waals surface area contributed by atoms with Gasteiger partial charge in [-0.25, -0.2) is 13.8 Å². The lowest BCUT2D eigenvalue weighted by atomic mass is 10.2. The first-order valence-electron chi connectivity index (χ1n) is 3.25. The molecule has 0 unspecified atom stereocenters. The van der Waals surface area contributed by atoms with Crippen molar-refractivity contribution < 1.29 is 8.78 Å². The molecular weight excluding hydrogens is 378 g/mol. The molecule has 0 aliphatic carbocycles. The molecule has 0 fully saturated rings. The van der Waals surface area contributed by atoms with Crippen molar-refractivity contribution in [3.05, 3.63) is 26.0 Å². The summed E-state index contributed by atoms with van der Waals surface area (Å²) in [5.41, 5.74) is 0.228. The lowest BCUT2D eigenvalue weighted by Gasteiger charge is -2.06. The van der Waals surface area contributed by atoms with E-state index in [1.807, 2.05) is 22.6 Å². The Kier molecular flexibility index (Phi) is 4.31. The van der Waals surface area contributed by atoms with Crippen LogP contribution in [0.2, 0.25) is 5.15 Å². The van der Waals surface area contributed by atoms with Gasteiger partial charge in [0.1, 0.15) is 10.8 Å². The lowest BCUT2D eigenvalue weighted by molar-refractivity contribution is 0.145. The Morgan fingerprint density at radius 1 is 1.62 bits per heavy atom. The maximum absolute atomic E-state index is 12.4. The Labute approximate surface area is 101 Å². The van der Waals surface area contributed by atoms with Crippen LogP contribution in [-0.2, 0) is 5.33 Å². The molecule has 1 nitrogen and oxygen atoms in total. The molecule has 0 aliphatic rings. The van der Waals surface area contributed by atoms with Crippen LogP contribution < -0.4 is 0 Å². The highest BCUT2D eigenvalue weighted by atomic mass is 127. The molecule has 1 rings (SSSR count). The fraction of sp³-hybridized carbons (Fsp3) is 0.286. The lowest BCUT2D eigenvalue weighted by Crippen LogP contribution is -1.98. The standard InChI is InChI=1S/C7H4BrClF2IN/c8-2-3-1-4(12)6(9)13-5(3)7(10)11/h1,7H,2H2. The van der Waals surface area contributed by atoms with Crippen LogP contribution in [-0.4, -0.2) is 4.98 Å². The van der Waals surface area contributed by atoms with Crippen molar-refractivity contribution >= 4 is 50.1 Å². The van der Waals surface area contributed by atoms with Gasteiger partial charge in [0.2, 0.25) is 0 Å². The van der Waals surface area contributed by atoms with E-state index in [4.69, 9.17) is 11.6 Å². The maximum Gasteiger partial charge on any atom is 0.280 e. The van der Waals surface area contributed by atoms with Crippen LogP contribution in [0.1, 0.15) is 17.7 Å². The molecule has 72 valence electrons. The molecule has 0 bridgehead atoms. The average molecular weight is 382 g/mol. The minimum absolute atomic E-state index is 0.126. The Morgan fingerprint density at radius 2 is 2.23 bits per heavy atom. The van der Waals surface area contributed by atoms with Gasteiger partial charge in [0.05, 0.1) is 3.57 Å². The first-order valence-corrected chi connectivity index (χ1v) is 5.83. The van der Waals surface area contributed by atoms with E-state index in [1.54, 1.807) is 6.07 Å². The predicted molar refractivity (Wildman–Crippen MR) is 59.6 cm³/mol. The summed E-state index contributed by atoms with van der Waals surface area (Å²) in [6.07, 6.45) is -2.58.